The van der Waals surface area contributed by atoms with Crippen molar-refractivity contribution in [1.29, 1.82) is 0 Å². The van der Waals surface area contributed by atoms with E-state index in [0.29, 0.717) is 0 Å². The molecule has 9 heavy (non-hydrogen) atoms. The van der Waals surface area contributed by atoms with Gasteiger partial charge in [0.05, 0.1) is 0 Å². The Morgan fingerprint density at radius 2 is 2.22 bits per heavy atom. The molecule has 0 atom stereocenters. The molecule has 3 heteroatoms. The van der Waals surface area contributed by atoms with Crippen LogP contribution in [-0.2, 0) is 0 Å². The Kier molecular flexibility index (Phi) is 2.54. The van der Waals surface area contributed by atoms with E-state index in [-0.39, 0.29) is 5.82 Å². The zero-order valence-corrected chi connectivity index (χ0v) is 6.88. The minimum atomic E-state index is -0.195. The summed E-state index contributed by atoms with van der Waals surface area (Å²) in [5, 5.41) is 0. The van der Waals surface area contributed by atoms with Gasteiger partial charge in [-0.05, 0) is 43.2 Å². The molecule has 48 valence electrons. The monoisotopic (exact) mass is 206 g/mol. The minimum Gasteiger partial charge on any atom is -0.207 e. The van der Waals surface area contributed by atoms with Crippen LogP contribution >= 0.6 is 25.0 Å². The molecule has 0 aliphatic rings. The summed E-state index contributed by atoms with van der Waals surface area (Å²) < 4.78 is 12.3. The predicted octanol–water partition coefficient (Wildman–Crippen LogP) is 3.23. The van der Waals surface area contributed by atoms with Crippen LogP contribution in [0.3, 0.4) is 0 Å². The highest BCUT2D eigenvalue weighted by atomic mass is 79.9. The first-order chi connectivity index (χ1) is 4.33. The van der Waals surface area contributed by atoms with Gasteiger partial charge in [0.15, 0.2) is 0 Å². The molecule has 0 fully saturated rings. The first kappa shape index (κ1) is 7.09. The van der Waals surface area contributed by atoms with E-state index in [1.165, 1.54) is 22.3 Å². The molecular weight excluding hydrogens is 203 g/mol. The quantitative estimate of drug-likeness (QED) is 0.681. The summed E-state index contributed by atoms with van der Waals surface area (Å²) in [7, 11) is 1.36. The van der Waals surface area contributed by atoms with E-state index in [2.05, 4.69) is 14.8 Å². The van der Waals surface area contributed by atoms with Crippen LogP contribution < -0.4 is 0 Å². The highest BCUT2D eigenvalue weighted by Crippen LogP contribution is 2.23. The molecule has 1 aromatic rings. The van der Waals surface area contributed by atoms with E-state index in [1.807, 2.05) is 6.07 Å². The van der Waals surface area contributed by atoms with Crippen molar-refractivity contribution in [3.8, 4) is 0 Å². The van der Waals surface area contributed by atoms with E-state index in [1.54, 1.807) is 6.07 Å². The second-order valence-corrected chi connectivity index (χ2v) is 3.13. The second-order valence-electron chi connectivity index (χ2n) is 1.53. The number of halogens is 2. The molecule has 1 aromatic carbocycles. The van der Waals surface area contributed by atoms with E-state index in [9.17, 15) is 4.39 Å². The molecule has 1 rings (SSSR count). The second kappa shape index (κ2) is 3.22. The van der Waals surface area contributed by atoms with E-state index < -0.39 is 0 Å². The number of benzene rings is 1. The molecule has 0 aliphatic heterocycles. The average molecular weight is 207 g/mol. The Hall–Kier alpha value is -0.0200. The Morgan fingerprint density at radius 3 is 2.67 bits per heavy atom. The van der Waals surface area contributed by atoms with Gasteiger partial charge < -0.3 is 0 Å². The molecule has 0 aromatic heterocycles. The summed E-state index contributed by atoms with van der Waals surface area (Å²) in [5.74, 6) is -0.195. The molecule has 0 N–H and O–H groups in total. The van der Waals surface area contributed by atoms with Gasteiger partial charge in [-0.25, -0.2) is 4.39 Å². The van der Waals surface area contributed by atoms with Gasteiger partial charge in [-0.2, -0.15) is 0 Å². The lowest BCUT2D eigenvalue weighted by molar-refractivity contribution is 0.624. The zero-order chi connectivity index (χ0) is 6.69. The van der Waals surface area contributed by atoms with Crippen LogP contribution in [0, 0.1) is 5.82 Å². The largest absolute Gasteiger partial charge is 0.207 e. The third kappa shape index (κ3) is 1.99. The standard InChI is InChI=1S/C6H4BrFS/c7-9-6-3-1-2-5(8)4-6/h1-4H. The van der Waals surface area contributed by atoms with Gasteiger partial charge in [0, 0.05) is 4.90 Å². The van der Waals surface area contributed by atoms with Crippen LogP contribution in [-0.4, -0.2) is 0 Å². The number of hydrogen-bond acceptors (Lipinski definition) is 1. The maximum Gasteiger partial charge on any atom is 0.124 e. The molecule has 0 spiro atoms. The average Bonchev–Trinajstić information content (AvgIpc) is 1.88. The molecule has 0 nitrogen and oxygen atoms in total. The van der Waals surface area contributed by atoms with Crippen LogP contribution in [0.15, 0.2) is 29.2 Å². The maximum atomic E-state index is 12.3. The van der Waals surface area contributed by atoms with Crippen molar-refractivity contribution in [2.45, 2.75) is 4.90 Å². The molecule has 0 heterocycles. The maximum absolute atomic E-state index is 12.3. The van der Waals surface area contributed by atoms with Gasteiger partial charge in [0.1, 0.15) is 5.82 Å². The lowest BCUT2D eigenvalue weighted by atomic mass is 10.4. The van der Waals surface area contributed by atoms with Crippen LogP contribution in [0.2, 0.25) is 0 Å². The normalized spacial score (nSPS) is 9.56. The van der Waals surface area contributed by atoms with Crippen molar-refractivity contribution in [2.24, 2.45) is 0 Å². The highest BCUT2D eigenvalue weighted by Gasteiger charge is 1.90. The Labute approximate surface area is 64.7 Å². The summed E-state index contributed by atoms with van der Waals surface area (Å²) in [5.41, 5.74) is 0. The van der Waals surface area contributed by atoms with Crippen molar-refractivity contribution in [3.63, 3.8) is 0 Å². The van der Waals surface area contributed by atoms with Crippen molar-refractivity contribution in [3.05, 3.63) is 30.1 Å². The van der Waals surface area contributed by atoms with Gasteiger partial charge in [-0.15, -0.1) is 0 Å². The third-order valence-electron chi connectivity index (χ3n) is 0.885. The first-order valence-electron chi connectivity index (χ1n) is 2.37. The fraction of sp³-hybridized carbons (Fsp3) is 0. The summed E-state index contributed by atoms with van der Waals surface area (Å²) in [6.45, 7) is 0. The third-order valence-corrected chi connectivity index (χ3v) is 2.44. The van der Waals surface area contributed by atoms with E-state index in [0.717, 1.165) is 4.90 Å². The summed E-state index contributed by atoms with van der Waals surface area (Å²) in [4.78, 5) is 0.884. The number of hydrogen-bond donors (Lipinski definition) is 0. The Bertz CT molecular complexity index is 202. The summed E-state index contributed by atoms with van der Waals surface area (Å²) in [6.07, 6.45) is 0. The molecular formula is C6H4BrFS. The van der Waals surface area contributed by atoms with Crippen LogP contribution in [0.25, 0.3) is 0 Å². The molecule has 0 aliphatic carbocycles. The summed E-state index contributed by atoms with van der Waals surface area (Å²) in [6, 6.07) is 6.41. The van der Waals surface area contributed by atoms with Crippen molar-refractivity contribution < 1.29 is 4.39 Å². The Balaban J connectivity index is 2.94. The van der Waals surface area contributed by atoms with E-state index >= 15 is 0 Å². The van der Waals surface area contributed by atoms with Gasteiger partial charge in [-0.3, -0.25) is 0 Å². The van der Waals surface area contributed by atoms with Crippen molar-refractivity contribution in [1.82, 2.24) is 0 Å². The fourth-order valence-electron chi connectivity index (χ4n) is 0.515. The highest BCUT2D eigenvalue weighted by molar-refractivity contribution is 9.50. The van der Waals surface area contributed by atoms with Crippen molar-refractivity contribution in [2.75, 3.05) is 0 Å². The molecule has 0 amide bonds. The molecule has 0 saturated heterocycles. The Morgan fingerprint density at radius 1 is 1.44 bits per heavy atom. The lowest BCUT2D eigenvalue weighted by Crippen LogP contribution is -1.70. The first-order valence-corrected chi connectivity index (χ1v) is 5.03. The predicted molar refractivity (Wildman–Crippen MR) is 41.2 cm³/mol. The lowest BCUT2D eigenvalue weighted by Gasteiger charge is -1.90. The smallest absolute Gasteiger partial charge is 0.124 e. The van der Waals surface area contributed by atoms with Crippen LogP contribution in [0.1, 0.15) is 0 Å². The van der Waals surface area contributed by atoms with Gasteiger partial charge >= 0.3 is 0 Å². The molecule has 0 unspecified atom stereocenters. The molecule has 0 radical (unpaired) electrons. The minimum absolute atomic E-state index is 0.195. The van der Waals surface area contributed by atoms with Crippen LogP contribution in [0.5, 0.6) is 0 Å². The summed E-state index contributed by atoms with van der Waals surface area (Å²) >= 11 is 3.14. The fourth-order valence-corrected chi connectivity index (χ4v) is 1.41. The van der Waals surface area contributed by atoms with Gasteiger partial charge in [-0.1, -0.05) is 6.07 Å². The topological polar surface area (TPSA) is 0 Å². The van der Waals surface area contributed by atoms with Gasteiger partial charge in [0.2, 0.25) is 0 Å². The number of rotatable bonds is 1. The van der Waals surface area contributed by atoms with Crippen molar-refractivity contribution >= 4 is 25.0 Å². The van der Waals surface area contributed by atoms with Crippen LogP contribution in [0.4, 0.5) is 4.39 Å². The zero-order valence-electron chi connectivity index (χ0n) is 4.47. The SMILES string of the molecule is Fc1cccc(SBr)c1. The molecule has 0 saturated carbocycles. The molecule has 0 bridgehead atoms. The van der Waals surface area contributed by atoms with Gasteiger partial charge in [0.25, 0.3) is 0 Å². The van der Waals surface area contributed by atoms with E-state index in [4.69, 9.17) is 0 Å².